The zero-order valence-corrected chi connectivity index (χ0v) is 14.3. The zero-order valence-electron chi connectivity index (χ0n) is 14.3. The van der Waals surface area contributed by atoms with Gasteiger partial charge in [-0.05, 0) is 50.2 Å². The number of aromatic nitrogens is 6. The first kappa shape index (κ1) is 15.2. The van der Waals surface area contributed by atoms with Gasteiger partial charge in [-0.3, -0.25) is 19.7 Å². The predicted octanol–water partition coefficient (Wildman–Crippen LogP) is 2.81. The van der Waals surface area contributed by atoms with E-state index in [0.29, 0.717) is 6.04 Å². The molecular formula is C19H19N7. The van der Waals surface area contributed by atoms with Crippen LogP contribution in [0.1, 0.15) is 18.9 Å². The van der Waals surface area contributed by atoms with E-state index in [1.165, 1.54) is 0 Å². The lowest BCUT2D eigenvalue weighted by Crippen LogP contribution is -2.29. The van der Waals surface area contributed by atoms with E-state index in [-0.39, 0.29) is 0 Å². The molecule has 1 aliphatic rings. The van der Waals surface area contributed by atoms with E-state index < -0.39 is 0 Å². The van der Waals surface area contributed by atoms with Crippen molar-refractivity contribution in [3.05, 3.63) is 49.1 Å². The van der Waals surface area contributed by atoms with Gasteiger partial charge in [-0.25, -0.2) is 0 Å². The van der Waals surface area contributed by atoms with Crippen LogP contribution in [0.15, 0.2) is 49.1 Å². The molecule has 0 saturated carbocycles. The maximum Gasteiger partial charge on any atom is 0.120 e. The van der Waals surface area contributed by atoms with E-state index in [1.807, 2.05) is 30.6 Å². The van der Waals surface area contributed by atoms with E-state index >= 15 is 0 Å². The van der Waals surface area contributed by atoms with Crippen molar-refractivity contribution in [1.29, 1.82) is 0 Å². The maximum absolute atomic E-state index is 4.80. The van der Waals surface area contributed by atoms with Crippen LogP contribution in [-0.4, -0.2) is 43.0 Å². The van der Waals surface area contributed by atoms with Gasteiger partial charge in [-0.2, -0.15) is 10.2 Å². The minimum Gasteiger partial charge on any atom is -0.317 e. The van der Waals surface area contributed by atoms with Crippen molar-refractivity contribution >= 4 is 10.9 Å². The molecule has 7 nitrogen and oxygen atoms in total. The molecule has 0 unspecified atom stereocenters. The molecule has 130 valence electrons. The zero-order chi connectivity index (χ0) is 17.3. The summed E-state index contributed by atoms with van der Waals surface area (Å²) >= 11 is 0. The monoisotopic (exact) mass is 345 g/mol. The molecule has 5 rings (SSSR count). The molecular weight excluding hydrogens is 326 g/mol. The van der Waals surface area contributed by atoms with Crippen molar-refractivity contribution in [2.75, 3.05) is 13.1 Å². The summed E-state index contributed by atoms with van der Waals surface area (Å²) in [5, 5.41) is 16.8. The van der Waals surface area contributed by atoms with E-state index in [2.05, 4.69) is 42.4 Å². The topological polar surface area (TPSA) is 84.3 Å². The van der Waals surface area contributed by atoms with Gasteiger partial charge in [0.2, 0.25) is 0 Å². The molecule has 0 spiro atoms. The third kappa shape index (κ3) is 2.66. The Hall–Kier alpha value is -3.06. The molecule has 7 heteroatoms. The number of H-pyrrole nitrogens is 1. The van der Waals surface area contributed by atoms with Crippen molar-refractivity contribution in [3.8, 4) is 22.6 Å². The number of nitrogens with zero attached hydrogens (tertiary/aromatic N) is 5. The van der Waals surface area contributed by atoms with Gasteiger partial charge < -0.3 is 5.32 Å². The lowest BCUT2D eigenvalue weighted by atomic mass is 10.1. The number of piperidine rings is 1. The van der Waals surface area contributed by atoms with Gasteiger partial charge in [0.25, 0.3) is 0 Å². The quantitative estimate of drug-likeness (QED) is 0.596. The molecule has 4 aromatic rings. The fraction of sp³-hybridized carbons (Fsp3) is 0.263. The standard InChI is InChI=1S/C19H19N7/c1-2-13(11-21-6-1)17-10-15-18(12-22-17)23-24-19(15)16-5-9-26(25-16)14-3-7-20-8-4-14/h1-2,5-6,9-12,14,20H,3-4,7-8H2,(H,23,24). The minimum absolute atomic E-state index is 0.461. The van der Waals surface area contributed by atoms with Crippen LogP contribution in [0.3, 0.4) is 0 Å². The largest absolute Gasteiger partial charge is 0.317 e. The number of hydrogen-bond acceptors (Lipinski definition) is 5. The van der Waals surface area contributed by atoms with Gasteiger partial charge in [-0.1, -0.05) is 0 Å². The van der Waals surface area contributed by atoms with Crippen LogP contribution in [0.25, 0.3) is 33.5 Å². The highest BCUT2D eigenvalue weighted by Crippen LogP contribution is 2.29. The molecule has 0 amide bonds. The molecule has 1 aliphatic heterocycles. The summed E-state index contributed by atoms with van der Waals surface area (Å²) in [7, 11) is 0. The smallest absolute Gasteiger partial charge is 0.120 e. The van der Waals surface area contributed by atoms with Crippen LogP contribution in [0.2, 0.25) is 0 Å². The fourth-order valence-electron chi connectivity index (χ4n) is 3.52. The molecule has 0 atom stereocenters. The minimum atomic E-state index is 0.461. The normalized spacial score (nSPS) is 15.5. The molecule has 5 heterocycles. The summed E-state index contributed by atoms with van der Waals surface area (Å²) in [4.78, 5) is 8.70. The van der Waals surface area contributed by atoms with E-state index in [0.717, 1.165) is 59.5 Å². The van der Waals surface area contributed by atoms with E-state index in [4.69, 9.17) is 5.10 Å². The predicted molar refractivity (Wildman–Crippen MR) is 99.5 cm³/mol. The maximum atomic E-state index is 4.80. The highest BCUT2D eigenvalue weighted by Gasteiger charge is 2.18. The Labute approximate surface area is 150 Å². The molecule has 1 saturated heterocycles. The summed E-state index contributed by atoms with van der Waals surface area (Å²) < 4.78 is 2.08. The summed E-state index contributed by atoms with van der Waals surface area (Å²) in [6.45, 7) is 2.09. The third-order valence-electron chi connectivity index (χ3n) is 4.94. The number of nitrogens with one attached hydrogen (secondary N) is 2. The van der Waals surface area contributed by atoms with Gasteiger partial charge in [-0.15, -0.1) is 0 Å². The van der Waals surface area contributed by atoms with Gasteiger partial charge in [0.1, 0.15) is 11.4 Å². The number of fused-ring (bicyclic) bond motifs is 1. The first-order valence-corrected chi connectivity index (χ1v) is 8.89. The van der Waals surface area contributed by atoms with Crippen molar-refractivity contribution in [3.63, 3.8) is 0 Å². The van der Waals surface area contributed by atoms with Crippen LogP contribution >= 0.6 is 0 Å². The fourth-order valence-corrected chi connectivity index (χ4v) is 3.52. The van der Waals surface area contributed by atoms with Crippen LogP contribution in [0, 0.1) is 0 Å². The number of pyridine rings is 2. The number of aromatic amines is 1. The van der Waals surface area contributed by atoms with E-state index in [9.17, 15) is 0 Å². The molecule has 0 radical (unpaired) electrons. The van der Waals surface area contributed by atoms with Crippen molar-refractivity contribution in [1.82, 2.24) is 35.3 Å². The Kier molecular flexibility index (Phi) is 3.71. The third-order valence-corrected chi connectivity index (χ3v) is 4.94. The first-order valence-electron chi connectivity index (χ1n) is 8.89. The molecule has 4 aromatic heterocycles. The van der Waals surface area contributed by atoms with Gasteiger partial charge in [0.15, 0.2) is 0 Å². The summed E-state index contributed by atoms with van der Waals surface area (Å²) in [6, 6.07) is 8.48. The first-order chi connectivity index (χ1) is 12.9. The molecule has 26 heavy (non-hydrogen) atoms. The Bertz CT molecular complexity index is 1030. The van der Waals surface area contributed by atoms with Crippen molar-refractivity contribution in [2.45, 2.75) is 18.9 Å². The lowest BCUT2D eigenvalue weighted by Gasteiger charge is -2.22. The number of rotatable bonds is 3. The second-order valence-corrected chi connectivity index (χ2v) is 6.59. The van der Waals surface area contributed by atoms with Crippen LogP contribution in [0.5, 0.6) is 0 Å². The Morgan fingerprint density at radius 2 is 2.00 bits per heavy atom. The second-order valence-electron chi connectivity index (χ2n) is 6.59. The summed E-state index contributed by atoms with van der Waals surface area (Å²) in [5.41, 5.74) is 4.52. The Balaban J connectivity index is 1.54. The number of hydrogen-bond donors (Lipinski definition) is 2. The molecule has 0 aliphatic carbocycles. The Morgan fingerprint density at radius 1 is 1.08 bits per heavy atom. The molecule has 0 bridgehead atoms. The average Bonchev–Trinajstić information content (AvgIpc) is 3.36. The van der Waals surface area contributed by atoms with Gasteiger partial charge in [0, 0.05) is 29.5 Å². The van der Waals surface area contributed by atoms with Gasteiger partial charge in [0.05, 0.1) is 23.4 Å². The van der Waals surface area contributed by atoms with Crippen molar-refractivity contribution < 1.29 is 0 Å². The Morgan fingerprint density at radius 3 is 2.85 bits per heavy atom. The SMILES string of the molecule is c1cncc(-c2cc3c(-c4ccn(C5CCNCC5)n4)n[nH]c3cn2)c1. The van der Waals surface area contributed by atoms with E-state index in [1.54, 1.807) is 6.20 Å². The van der Waals surface area contributed by atoms with Gasteiger partial charge >= 0.3 is 0 Å². The molecule has 0 aromatic carbocycles. The second kappa shape index (κ2) is 6.34. The average molecular weight is 345 g/mol. The van der Waals surface area contributed by atoms with Crippen LogP contribution in [0.4, 0.5) is 0 Å². The van der Waals surface area contributed by atoms with Crippen molar-refractivity contribution in [2.24, 2.45) is 0 Å². The van der Waals surface area contributed by atoms with Crippen LogP contribution < -0.4 is 5.32 Å². The summed E-state index contributed by atoms with van der Waals surface area (Å²) in [6.07, 6.45) is 9.68. The molecule has 1 fully saturated rings. The lowest BCUT2D eigenvalue weighted by molar-refractivity contribution is 0.343. The highest BCUT2D eigenvalue weighted by molar-refractivity contribution is 5.93. The highest BCUT2D eigenvalue weighted by atomic mass is 15.3. The molecule has 2 N–H and O–H groups in total. The summed E-state index contributed by atoms with van der Waals surface area (Å²) in [5.74, 6) is 0. The van der Waals surface area contributed by atoms with Crippen LogP contribution in [-0.2, 0) is 0 Å².